The second-order valence-electron chi connectivity index (χ2n) is 6.03. The third-order valence-electron chi connectivity index (χ3n) is 3.08. The molecular weight excluding hydrogens is 288 g/mol. The summed E-state index contributed by atoms with van der Waals surface area (Å²) in [7, 11) is 0. The molecule has 22 heavy (non-hydrogen) atoms. The Labute approximate surface area is 129 Å². The second kappa shape index (κ2) is 6.25. The van der Waals surface area contributed by atoms with Gasteiger partial charge >= 0.3 is 12.2 Å². The number of carbonyl (C=O) groups is 2. The van der Waals surface area contributed by atoms with E-state index in [4.69, 9.17) is 9.47 Å². The van der Waals surface area contributed by atoms with Gasteiger partial charge in [0.25, 0.3) is 0 Å². The number of aromatic amines is 1. The van der Waals surface area contributed by atoms with E-state index in [1.165, 1.54) is 0 Å². The van der Waals surface area contributed by atoms with E-state index in [0.29, 0.717) is 31.9 Å². The Bertz CT molecular complexity index is 562. The molecule has 0 atom stereocenters. The predicted octanol–water partition coefficient (Wildman–Crippen LogP) is 2.27. The first-order valence-corrected chi connectivity index (χ1v) is 7.28. The Kier molecular flexibility index (Phi) is 4.58. The molecule has 2 amide bonds. The zero-order chi connectivity index (χ0) is 16.3. The van der Waals surface area contributed by atoms with Crippen LogP contribution in [0.1, 0.15) is 39.0 Å². The molecule has 1 aromatic heterocycles. The number of ether oxygens (including phenoxy) is 2. The second-order valence-corrected chi connectivity index (χ2v) is 6.03. The maximum absolute atomic E-state index is 12.1. The van der Waals surface area contributed by atoms with E-state index in [2.05, 4.69) is 15.5 Å². The van der Waals surface area contributed by atoms with Crippen molar-refractivity contribution in [2.75, 3.05) is 18.5 Å². The molecule has 2 heterocycles. The number of carbonyl (C=O) groups excluding carboxylic acids is 2. The van der Waals surface area contributed by atoms with Crippen LogP contribution in [0.3, 0.4) is 0 Å². The lowest BCUT2D eigenvalue weighted by atomic mass is 10.1. The van der Waals surface area contributed by atoms with E-state index in [0.717, 1.165) is 11.3 Å². The molecule has 0 unspecified atom stereocenters. The number of hydrogen-bond acceptors (Lipinski definition) is 5. The summed E-state index contributed by atoms with van der Waals surface area (Å²) in [5, 5.41) is 9.52. The first-order valence-electron chi connectivity index (χ1n) is 7.28. The number of anilines is 1. The fourth-order valence-corrected chi connectivity index (χ4v) is 2.17. The maximum atomic E-state index is 12.1. The Morgan fingerprint density at radius 1 is 1.41 bits per heavy atom. The molecule has 122 valence electrons. The molecule has 1 aliphatic rings. The van der Waals surface area contributed by atoms with Crippen molar-refractivity contribution in [1.29, 1.82) is 0 Å². The summed E-state index contributed by atoms with van der Waals surface area (Å²) in [5.74, 6) is 0.456. The standard InChI is InChI=1S/C14H22N4O4/c1-5-21-12(19)15-11-9-6-7-18(8-10(9)16-17-11)13(20)22-14(2,3)4/h5-8H2,1-4H3,(H2,15,16,17,19). The first kappa shape index (κ1) is 16.1. The quantitative estimate of drug-likeness (QED) is 0.873. The van der Waals surface area contributed by atoms with Gasteiger partial charge in [0.05, 0.1) is 18.8 Å². The molecular formula is C14H22N4O4. The first-order chi connectivity index (χ1) is 10.3. The molecule has 8 nitrogen and oxygen atoms in total. The van der Waals surface area contributed by atoms with Crippen molar-refractivity contribution in [2.45, 2.75) is 46.3 Å². The molecule has 1 aromatic rings. The van der Waals surface area contributed by atoms with E-state index in [-0.39, 0.29) is 6.09 Å². The molecule has 0 fully saturated rings. The van der Waals surface area contributed by atoms with Crippen LogP contribution in [0.5, 0.6) is 0 Å². The highest BCUT2D eigenvalue weighted by Crippen LogP contribution is 2.24. The van der Waals surface area contributed by atoms with Crippen molar-refractivity contribution in [1.82, 2.24) is 15.1 Å². The van der Waals surface area contributed by atoms with Crippen LogP contribution in [0.2, 0.25) is 0 Å². The van der Waals surface area contributed by atoms with E-state index in [1.54, 1.807) is 11.8 Å². The van der Waals surface area contributed by atoms with Crippen molar-refractivity contribution in [3.63, 3.8) is 0 Å². The van der Waals surface area contributed by atoms with Crippen LogP contribution in [-0.2, 0) is 22.4 Å². The molecule has 2 N–H and O–H groups in total. The number of fused-ring (bicyclic) bond motifs is 1. The van der Waals surface area contributed by atoms with Crippen LogP contribution in [-0.4, -0.2) is 46.0 Å². The van der Waals surface area contributed by atoms with Gasteiger partial charge in [0, 0.05) is 12.1 Å². The minimum absolute atomic E-state index is 0.296. The lowest BCUT2D eigenvalue weighted by Crippen LogP contribution is -2.39. The molecule has 0 aromatic carbocycles. The largest absolute Gasteiger partial charge is 0.450 e. The molecule has 1 aliphatic heterocycles. The Hall–Kier alpha value is -2.25. The number of amides is 2. The molecule has 0 bridgehead atoms. The number of H-pyrrole nitrogens is 1. The third kappa shape index (κ3) is 3.90. The van der Waals surface area contributed by atoms with E-state index in [1.807, 2.05) is 20.8 Å². The van der Waals surface area contributed by atoms with Crippen molar-refractivity contribution in [3.8, 4) is 0 Å². The van der Waals surface area contributed by atoms with Gasteiger partial charge in [-0.3, -0.25) is 10.4 Å². The summed E-state index contributed by atoms with van der Waals surface area (Å²) in [6.07, 6.45) is -0.300. The maximum Gasteiger partial charge on any atom is 0.412 e. The topological polar surface area (TPSA) is 96.5 Å². The molecule has 2 rings (SSSR count). The Morgan fingerprint density at radius 2 is 2.14 bits per heavy atom. The van der Waals surface area contributed by atoms with E-state index < -0.39 is 11.7 Å². The number of nitrogens with zero attached hydrogens (tertiary/aromatic N) is 2. The lowest BCUT2D eigenvalue weighted by molar-refractivity contribution is 0.0221. The Balaban J connectivity index is 2.02. The molecule has 0 radical (unpaired) electrons. The highest BCUT2D eigenvalue weighted by molar-refractivity contribution is 5.84. The minimum Gasteiger partial charge on any atom is -0.450 e. The van der Waals surface area contributed by atoms with Crippen LogP contribution in [0, 0.1) is 0 Å². The van der Waals surface area contributed by atoms with Gasteiger partial charge in [-0.05, 0) is 34.1 Å². The van der Waals surface area contributed by atoms with Gasteiger partial charge in [0.15, 0.2) is 5.82 Å². The number of rotatable bonds is 2. The summed E-state index contributed by atoms with van der Waals surface area (Å²) in [6.45, 7) is 8.41. The minimum atomic E-state index is -0.536. The van der Waals surface area contributed by atoms with Gasteiger partial charge in [0.2, 0.25) is 0 Å². The number of hydrogen-bond donors (Lipinski definition) is 2. The van der Waals surface area contributed by atoms with Gasteiger partial charge < -0.3 is 14.4 Å². The molecule has 0 spiro atoms. The molecule has 8 heteroatoms. The van der Waals surface area contributed by atoms with Gasteiger partial charge in [-0.15, -0.1) is 0 Å². The fourth-order valence-electron chi connectivity index (χ4n) is 2.17. The van der Waals surface area contributed by atoms with Crippen LogP contribution in [0.4, 0.5) is 15.4 Å². The smallest absolute Gasteiger partial charge is 0.412 e. The molecule has 0 aliphatic carbocycles. The number of nitrogens with one attached hydrogen (secondary N) is 2. The molecule has 0 saturated heterocycles. The summed E-state index contributed by atoms with van der Waals surface area (Å²) in [5.41, 5.74) is 1.17. The van der Waals surface area contributed by atoms with Crippen LogP contribution >= 0.6 is 0 Å². The van der Waals surface area contributed by atoms with Crippen LogP contribution < -0.4 is 5.32 Å². The predicted molar refractivity (Wildman–Crippen MR) is 79.6 cm³/mol. The third-order valence-corrected chi connectivity index (χ3v) is 3.08. The summed E-state index contributed by atoms with van der Waals surface area (Å²) in [6, 6.07) is 0. The highest BCUT2D eigenvalue weighted by Gasteiger charge is 2.28. The van der Waals surface area contributed by atoms with Crippen molar-refractivity contribution < 1.29 is 19.1 Å². The monoisotopic (exact) mass is 310 g/mol. The summed E-state index contributed by atoms with van der Waals surface area (Å²) >= 11 is 0. The zero-order valence-electron chi connectivity index (χ0n) is 13.4. The summed E-state index contributed by atoms with van der Waals surface area (Å²) < 4.78 is 10.2. The SMILES string of the molecule is CCOC(=O)Nc1n[nH]c2c1CCN(C(=O)OC(C)(C)C)C2. The highest BCUT2D eigenvalue weighted by atomic mass is 16.6. The van der Waals surface area contributed by atoms with Crippen LogP contribution in [0.15, 0.2) is 0 Å². The number of aromatic nitrogens is 2. The van der Waals surface area contributed by atoms with Crippen molar-refractivity contribution in [3.05, 3.63) is 11.3 Å². The van der Waals surface area contributed by atoms with Crippen molar-refractivity contribution >= 4 is 18.0 Å². The van der Waals surface area contributed by atoms with Gasteiger partial charge in [-0.25, -0.2) is 9.59 Å². The lowest BCUT2D eigenvalue weighted by Gasteiger charge is -2.29. The average Bonchev–Trinajstić information content (AvgIpc) is 2.79. The van der Waals surface area contributed by atoms with E-state index >= 15 is 0 Å². The Morgan fingerprint density at radius 3 is 2.77 bits per heavy atom. The van der Waals surface area contributed by atoms with Gasteiger partial charge in [-0.1, -0.05) is 0 Å². The zero-order valence-corrected chi connectivity index (χ0v) is 13.4. The van der Waals surface area contributed by atoms with E-state index in [9.17, 15) is 9.59 Å². The fraction of sp³-hybridized carbons (Fsp3) is 0.643. The van der Waals surface area contributed by atoms with Crippen molar-refractivity contribution in [2.24, 2.45) is 0 Å². The van der Waals surface area contributed by atoms with Gasteiger partial charge in [-0.2, -0.15) is 5.10 Å². The van der Waals surface area contributed by atoms with Crippen LogP contribution in [0.25, 0.3) is 0 Å². The summed E-state index contributed by atoms with van der Waals surface area (Å²) in [4.78, 5) is 25.1. The van der Waals surface area contributed by atoms with Gasteiger partial charge in [0.1, 0.15) is 5.60 Å². The average molecular weight is 310 g/mol. The molecule has 0 saturated carbocycles. The normalized spacial score (nSPS) is 14.3.